The number of benzene rings is 1. The summed E-state index contributed by atoms with van der Waals surface area (Å²) in [6, 6.07) is 4.33. The number of carbonyl (C=O) groups is 1. The van der Waals surface area contributed by atoms with Crippen LogP contribution in [0.15, 0.2) is 50.5 Å². The maximum atomic E-state index is 15.5. The number of hydrogen-bond donors (Lipinski definition) is 1. The molecule has 3 atom stereocenters. The number of aliphatic imine (C=N–C) groups is 1. The smallest absolute Gasteiger partial charge is 0.438 e. The molecule has 1 aliphatic heterocycles. The number of aromatic nitrogens is 3. The zero-order valence-electron chi connectivity index (χ0n) is 22.1. The molecule has 2 aromatic heterocycles. The van der Waals surface area contributed by atoms with E-state index in [0.29, 0.717) is 0 Å². The van der Waals surface area contributed by atoms with Gasteiger partial charge in [-0.05, 0) is 39.0 Å². The normalized spacial score (nSPS) is 23.9. The molecule has 4 rings (SSSR count). The lowest BCUT2D eigenvalue weighted by Gasteiger charge is -2.45. The van der Waals surface area contributed by atoms with Crippen LogP contribution in [-0.2, 0) is 24.8 Å². The lowest BCUT2D eigenvalue weighted by atomic mass is 9.90. The molecule has 1 aromatic carbocycles. The summed E-state index contributed by atoms with van der Waals surface area (Å²) < 4.78 is 120. The van der Waals surface area contributed by atoms with Gasteiger partial charge in [-0.1, -0.05) is 16.8 Å². The average Bonchev–Trinajstić information content (AvgIpc) is 3.39. The van der Waals surface area contributed by atoms with E-state index >= 15 is 4.39 Å². The van der Waals surface area contributed by atoms with Crippen LogP contribution in [0.5, 0.6) is 0 Å². The van der Waals surface area contributed by atoms with Crippen molar-refractivity contribution in [1.82, 2.24) is 15.1 Å². The molecule has 0 saturated carbocycles. The Morgan fingerprint density at radius 1 is 1.14 bits per heavy atom. The Hall–Kier alpha value is -3.80. The van der Waals surface area contributed by atoms with Gasteiger partial charge in [0.15, 0.2) is 17.3 Å². The standard InChI is InChI=1S/C24H20ClF7N6O4S/c1-21(2)18(33)37-22(3,20(41-19(39)24(30,31)32)43(21,40)36-10-23(27,28)29)13-6-11(4-5-14(13)26)16-7-15(38-42-16)17-34-8-12(25)9-35-17/h4-9,20H,10H2,1-3H3,(H2,33,37)/t20?,22-,43-/m1/s1. The van der Waals surface area contributed by atoms with Crippen LogP contribution < -0.4 is 5.73 Å². The third-order valence-electron chi connectivity index (χ3n) is 6.49. The molecule has 0 saturated heterocycles. The van der Waals surface area contributed by atoms with Gasteiger partial charge in [0.1, 0.15) is 38.2 Å². The predicted molar refractivity (Wildman–Crippen MR) is 138 cm³/mol. The Bertz CT molecular complexity index is 1720. The second-order valence-electron chi connectivity index (χ2n) is 9.86. The van der Waals surface area contributed by atoms with Crippen molar-refractivity contribution >= 4 is 33.1 Å². The molecule has 0 radical (unpaired) electrons. The van der Waals surface area contributed by atoms with Crippen LogP contribution in [0.1, 0.15) is 26.3 Å². The molecule has 1 aliphatic rings. The summed E-state index contributed by atoms with van der Waals surface area (Å²) in [7, 11) is -4.76. The number of halogens is 8. The first-order valence-electron chi connectivity index (χ1n) is 11.9. The molecule has 0 aliphatic carbocycles. The van der Waals surface area contributed by atoms with Crippen molar-refractivity contribution in [2.24, 2.45) is 15.1 Å². The molecule has 3 heterocycles. The van der Waals surface area contributed by atoms with Crippen LogP contribution in [0, 0.1) is 5.82 Å². The Kier molecular flexibility index (Phi) is 8.01. The van der Waals surface area contributed by atoms with E-state index < -0.39 is 67.5 Å². The summed E-state index contributed by atoms with van der Waals surface area (Å²) in [5, 5.41) is 4.05. The zero-order valence-corrected chi connectivity index (χ0v) is 23.7. The van der Waals surface area contributed by atoms with Crippen molar-refractivity contribution < 1.29 is 49.0 Å². The number of esters is 1. The first kappa shape index (κ1) is 32.1. The summed E-state index contributed by atoms with van der Waals surface area (Å²) in [4.78, 5) is 24.0. The molecular weight excluding hydrogens is 637 g/mol. The van der Waals surface area contributed by atoms with Crippen LogP contribution in [0.4, 0.5) is 30.7 Å². The van der Waals surface area contributed by atoms with Crippen LogP contribution in [0.3, 0.4) is 0 Å². The highest BCUT2D eigenvalue weighted by Crippen LogP contribution is 2.46. The first-order chi connectivity index (χ1) is 19.7. The SMILES string of the molecule is CC1(C)C(N)=N[C@](C)(c2cc(-c3cc(-c4ncc(Cl)cn4)no3)ccc2F)C(OC(=O)C(F)(F)F)[S@]1(=O)=NCC(F)(F)F. The Balaban J connectivity index is 1.93. The number of alkyl halides is 6. The molecule has 0 spiro atoms. The van der Waals surface area contributed by atoms with Gasteiger partial charge in [0, 0.05) is 29.6 Å². The largest absolute Gasteiger partial charge is 0.490 e. The van der Waals surface area contributed by atoms with Gasteiger partial charge in [-0.25, -0.2) is 27.7 Å². The number of hydrogen-bond acceptors (Lipinski definition) is 10. The number of rotatable bonds is 5. The van der Waals surface area contributed by atoms with Gasteiger partial charge in [-0.15, -0.1) is 0 Å². The average molecular weight is 657 g/mol. The molecule has 19 heteroatoms. The number of ether oxygens (including phenoxy) is 1. The van der Waals surface area contributed by atoms with Gasteiger partial charge in [0.2, 0.25) is 5.44 Å². The predicted octanol–water partition coefficient (Wildman–Crippen LogP) is 5.42. The lowest BCUT2D eigenvalue weighted by Crippen LogP contribution is -2.61. The fourth-order valence-corrected chi connectivity index (χ4v) is 6.92. The number of amidine groups is 1. The van der Waals surface area contributed by atoms with Crippen LogP contribution in [0.2, 0.25) is 5.02 Å². The highest BCUT2D eigenvalue weighted by Gasteiger charge is 2.60. The minimum Gasteiger partial charge on any atom is -0.438 e. The molecule has 0 fully saturated rings. The number of nitrogens with zero attached hydrogens (tertiary/aromatic N) is 5. The first-order valence-corrected chi connectivity index (χ1v) is 13.8. The molecule has 2 N–H and O–H groups in total. The third kappa shape index (κ3) is 6.02. The Labute approximate surface area is 243 Å². The van der Waals surface area contributed by atoms with Crippen molar-refractivity contribution in [3.05, 3.63) is 53.1 Å². The molecule has 0 bridgehead atoms. The van der Waals surface area contributed by atoms with Crippen molar-refractivity contribution in [2.45, 2.75) is 48.8 Å². The van der Waals surface area contributed by atoms with Gasteiger partial charge in [0.25, 0.3) is 0 Å². The van der Waals surface area contributed by atoms with E-state index in [2.05, 4.69) is 29.2 Å². The van der Waals surface area contributed by atoms with E-state index in [1.165, 1.54) is 24.5 Å². The summed E-state index contributed by atoms with van der Waals surface area (Å²) >= 11 is 5.78. The second-order valence-corrected chi connectivity index (χ2v) is 13.1. The molecule has 10 nitrogen and oxygen atoms in total. The monoisotopic (exact) mass is 656 g/mol. The van der Waals surface area contributed by atoms with Gasteiger partial charge < -0.3 is 15.0 Å². The van der Waals surface area contributed by atoms with E-state index in [9.17, 15) is 35.3 Å². The topological polar surface area (TPSA) is 146 Å². The van der Waals surface area contributed by atoms with Crippen molar-refractivity contribution in [2.75, 3.05) is 6.54 Å². The number of nitrogens with two attached hydrogens (primary N) is 1. The minimum absolute atomic E-state index is 0.0311. The summed E-state index contributed by atoms with van der Waals surface area (Å²) in [6.07, 6.45) is -8.18. The quantitative estimate of drug-likeness (QED) is 0.283. The van der Waals surface area contributed by atoms with E-state index in [4.69, 9.17) is 21.9 Å². The lowest BCUT2D eigenvalue weighted by molar-refractivity contribution is -0.203. The fourth-order valence-electron chi connectivity index (χ4n) is 4.12. The molecule has 232 valence electrons. The van der Waals surface area contributed by atoms with Crippen molar-refractivity contribution in [1.29, 1.82) is 0 Å². The molecular formula is C24H20ClF7N6O4S. The summed E-state index contributed by atoms with van der Waals surface area (Å²) in [5.41, 5.74) is 0.188. The maximum Gasteiger partial charge on any atom is 0.490 e. The Morgan fingerprint density at radius 2 is 1.77 bits per heavy atom. The van der Waals surface area contributed by atoms with Crippen molar-refractivity contribution in [3.8, 4) is 22.8 Å². The molecule has 3 aromatic rings. The van der Waals surface area contributed by atoms with Gasteiger partial charge in [-0.3, -0.25) is 4.99 Å². The van der Waals surface area contributed by atoms with E-state index in [0.717, 1.165) is 32.9 Å². The van der Waals surface area contributed by atoms with E-state index in [-0.39, 0.29) is 27.9 Å². The highest BCUT2D eigenvalue weighted by molar-refractivity contribution is 7.96. The fraction of sp³-hybridized carbons (Fsp3) is 0.375. The summed E-state index contributed by atoms with van der Waals surface area (Å²) in [5.74, 6) is -4.68. The maximum absolute atomic E-state index is 15.5. The zero-order chi connectivity index (χ0) is 32.2. The van der Waals surface area contributed by atoms with Crippen LogP contribution >= 0.6 is 11.6 Å². The van der Waals surface area contributed by atoms with E-state index in [1.807, 2.05) is 0 Å². The van der Waals surface area contributed by atoms with Crippen molar-refractivity contribution in [3.63, 3.8) is 0 Å². The van der Waals surface area contributed by atoms with Gasteiger partial charge >= 0.3 is 18.3 Å². The van der Waals surface area contributed by atoms with E-state index in [1.54, 1.807) is 0 Å². The third-order valence-corrected chi connectivity index (χ3v) is 10.0. The van der Waals surface area contributed by atoms with Gasteiger partial charge in [-0.2, -0.15) is 26.3 Å². The molecule has 0 amide bonds. The van der Waals surface area contributed by atoms with Crippen LogP contribution in [-0.4, -0.2) is 60.2 Å². The van der Waals surface area contributed by atoms with Gasteiger partial charge in [0.05, 0.1) is 5.02 Å². The molecule has 1 unspecified atom stereocenters. The van der Waals surface area contributed by atoms with Crippen LogP contribution in [0.25, 0.3) is 22.8 Å². The second kappa shape index (κ2) is 10.7. The minimum atomic E-state index is -5.68. The molecule has 43 heavy (non-hydrogen) atoms. The highest BCUT2D eigenvalue weighted by atomic mass is 35.5. The Morgan fingerprint density at radius 3 is 2.35 bits per heavy atom. The summed E-state index contributed by atoms with van der Waals surface area (Å²) in [6.45, 7) is 0.809. The number of carbonyl (C=O) groups excluding carboxylic acids is 1.